The van der Waals surface area contributed by atoms with E-state index in [-0.39, 0.29) is 23.1 Å². The van der Waals surface area contributed by atoms with Gasteiger partial charge < -0.3 is 10.6 Å². The van der Waals surface area contributed by atoms with Crippen LogP contribution in [0.2, 0.25) is 0 Å². The van der Waals surface area contributed by atoms with Crippen molar-refractivity contribution in [2.75, 3.05) is 26.2 Å². The first-order valence-electron chi connectivity index (χ1n) is 12.0. The molecule has 0 aliphatic carbocycles. The molecule has 2 amide bonds. The minimum atomic E-state index is -0.0758. The monoisotopic (exact) mass is 452 g/mol. The average molecular weight is 453 g/mol. The molecule has 178 valence electrons. The van der Waals surface area contributed by atoms with Crippen molar-refractivity contribution >= 4 is 11.8 Å². The first-order valence-corrected chi connectivity index (χ1v) is 12.0. The molecule has 2 N–H and O–H groups in total. The first kappa shape index (κ1) is 23.4. The summed E-state index contributed by atoms with van der Waals surface area (Å²) in [6, 6.07) is 8.96. The van der Waals surface area contributed by atoms with Gasteiger partial charge in [0.2, 0.25) is 11.8 Å². The van der Waals surface area contributed by atoms with Gasteiger partial charge in [-0.05, 0) is 36.3 Å². The largest absolute Gasteiger partial charge is 0.355 e. The average Bonchev–Trinajstić information content (AvgIpc) is 3.25. The van der Waals surface area contributed by atoms with Gasteiger partial charge in [0.25, 0.3) is 0 Å². The van der Waals surface area contributed by atoms with Gasteiger partial charge in [-0.1, -0.05) is 50.3 Å². The molecule has 3 aliphatic heterocycles. The standard InChI is InChI=1S/C25H36N6O2/c1-17(32)26-10-11-27-24(33)22-15-30-12-9-19(22)13-21(30)14-31-16-23(28-29-31)18-5-7-20(8-6-18)25(2,3)4/h5-8,16,19,21-22H,9-15H2,1-4H3,(H,26,32)(H,27,33)/t19-,21-,22+/m1/s1. The molecule has 1 unspecified atom stereocenters. The van der Waals surface area contributed by atoms with Crippen molar-refractivity contribution in [1.82, 2.24) is 30.5 Å². The van der Waals surface area contributed by atoms with Crippen molar-refractivity contribution in [3.63, 3.8) is 0 Å². The summed E-state index contributed by atoms with van der Waals surface area (Å²) in [6.07, 6.45) is 4.09. The summed E-state index contributed by atoms with van der Waals surface area (Å²) in [5.74, 6) is 0.456. The Balaban J connectivity index is 1.32. The maximum atomic E-state index is 12.7. The minimum Gasteiger partial charge on any atom is -0.355 e. The zero-order valence-electron chi connectivity index (χ0n) is 20.2. The zero-order valence-corrected chi connectivity index (χ0v) is 20.2. The molecule has 2 aromatic rings. The number of amides is 2. The van der Waals surface area contributed by atoms with Crippen LogP contribution in [0.4, 0.5) is 0 Å². The zero-order chi connectivity index (χ0) is 23.6. The number of hydrogen-bond acceptors (Lipinski definition) is 5. The second-order valence-corrected chi connectivity index (χ2v) is 10.5. The molecule has 4 heterocycles. The number of piperidine rings is 3. The number of hydrogen-bond donors (Lipinski definition) is 2. The van der Waals surface area contributed by atoms with Crippen molar-refractivity contribution in [2.24, 2.45) is 11.8 Å². The first-order chi connectivity index (χ1) is 15.7. The maximum Gasteiger partial charge on any atom is 0.224 e. The van der Waals surface area contributed by atoms with E-state index in [0.29, 0.717) is 25.0 Å². The second kappa shape index (κ2) is 9.63. The molecule has 8 nitrogen and oxygen atoms in total. The lowest BCUT2D eigenvalue weighted by atomic mass is 9.75. The van der Waals surface area contributed by atoms with E-state index in [2.05, 4.69) is 70.9 Å². The Kier molecular flexibility index (Phi) is 6.83. The molecular weight excluding hydrogens is 416 g/mol. The van der Waals surface area contributed by atoms with E-state index in [0.717, 1.165) is 43.7 Å². The Morgan fingerprint density at radius 3 is 2.48 bits per heavy atom. The van der Waals surface area contributed by atoms with Gasteiger partial charge in [-0.3, -0.25) is 19.2 Å². The molecule has 3 fully saturated rings. The van der Waals surface area contributed by atoms with E-state index in [1.54, 1.807) is 0 Å². The van der Waals surface area contributed by atoms with Crippen LogP contribution in [-0.2, 0) is 21.5 Å². The predicted octanol–water partition coefficient (Wildman–Crippen LogP) is 2.21. The molecule has 33 heavy (non-hydrogen) atoms. The van der Waals surface area contributed by atoms with E-state index in [1.807, 2.05) is 10.9 Å². The molecule has 5 rings (SSSR count). The molecule has 3 aliphatic rings. The quantitative estimate of drug-likeness (QED) is 0.629. The van der Waals surface area contributed by atoms with Gasteiger partial charge in [0.05, 0.1) is 18.7 Å². The lowest BCUT2D eigenvalue weighted by molar-refractivity contribution is -0.133. The fraction of sp³-hybridized carbons (Fsp3) is 0.600. The normalized spacial score (nSPS) is 24.5. The number of carbonyl (C=O) groups excluding carboxylic acids is 2. The van der Waals surface area contributed by atoms with Crippen LogP contribution in [0.1, 0.15) is 46.1 Å². The molecule has 3 saturated heterocycles. The topological polar surface area (TPSA) is 92.2 Å². The summed E-state index contributed by atoms with van der Waals surface area (Å²) >= 11 is 0. The van der Waals surface area contributed by atoms with Crippen molar-refractivity contribution in [1.29, 1.82) is 0 Å². The van der Waals surface area contributed by atoms with Gasteiger partial charge in [0, 0.05) is 38.2 Å². The van der Waals surface area contributed by atoms with Crippen molar-refractivity contribution in [3.8, 4) is 11.3 Å². The smallest absolute Gasteiger partial charge is 0.224 e. The van der Waals surface area contributed by atoms with E-state index in [9.17, 15) is 9.59 Å². The number of carbonyl (C=O) groups is 2. The number of fused-ring (bicyclic) bond motifs is 3. The summed E-state index contributed by atoms with van der Waals surface area (Å²) < 4.78 is 1.95. The minimum absolute atomic E-state index is 0.0277. The second-order valence-electron chi connectivity index (χ2n) is 10.5. The summed E-state index contributed by atoms with van der Waals surface area (Å²) in [6.45, 7) is 11.7. The van der Waals surface area contributed by atoms with Crippen molar-refractivity contribution in [2.45, 2.75) is 58.5 Å². The van der Waals surface area contributed by atoms with Crippen LogP contribution in [0.5, 0.6) is 0 Å². The Bertz CT molecular complexity index is 978. The molecule has 1 aromatic carbocycles. The SMILES string of the molecule is CC(=O)NCCNC(=O)[C@H]1CN2CC[C@@H]1C[C@@H]2Cn1cc(-c2ccc(C(C)(C)C)cc2)nn1. The highest BCUT2D eigenvalue weighted by atomic mass is 16.2. The summed E-state index contributed by atoms with van der Waals surface area (Å²) in [7, 11) is 0. The number of nitrogens with one attached hydrogen (secondary N) is 2. The van der Waals surface area contributed by atoms with Gasteiger partial charge in [0.1, 0.15) is 5.69 Å². The van der Waals surface area contributed by atoms with Gasteiger partial charge in [-0.25, -0.2) is 0 Å². The molecule has 0 spiro atoms. The molecule has 1 aromatic heterocycles. The lowest BCUT2D eigenvalue weighted by Crippen LogP contribution is -2.58. The molecule has 4 atom stereocenters. The van der Waals surface area contributed by atoms with Crippen LogP contribution < -0.4 is 10.6 Å². The van der Waals surface area contributed by atoms with Crippen molar-refractivity contribution < 1.29 is 9.59 Å². The van der Waals surface area contributed by atoms with Gasteiger partial charge in [0.15, 0.2) is 0 Å². The van der Waals surface area contributed by atoms with Crippen LogP contribution in [0.15, 0.2) is 30.5 Å². The molecule has 8 heteroatoms. The number of aromatic nitrogens is 3. The predicted molar refractivity (Wildman–Crippen MR) is 127 cm³/mol. The summed E-state index contributed by atoms with van der Waals surface area (Å²) in [4.78, 5) is 26.1. The third kappa shape index (κ3) is 5.61. The van der Waals surface area contributed by atoms with Crippen LogP contribution in [-0.4, -0.2) is 63.9 Å². The molecule has 0 saturated carbocycles. The summed E-state index contributed by atoms with van der Waals surface area (Å²) in [5.41, 5.74) is 3.40. The van der Waals surface area contributed by atoms with Gasteiger partial charge in [-0.15, -0.1) is 5.10 Å². The fourth-order valence-electron chi connectivity index (χ4n) is 5.06. The highest BCUT2D eigenvalue weighted by Gasteiger charge is 2.43. The van der Waals surface area contributed by atoms with Crippen LogP contribution >= 0.6 is 0 Å². The lowest BCUT2D eigenvalue weighted by Gasteiger charge is -2.49. The maximum absolute atomic E-state index is 12.7. The Morgan fingerprint density at radius 2 is 1.85 bits per heavy atom. The van der Waals surface area contributed by atoms with E-state index < -0.39 is 0 Å². The number of benzene rings is 1. The van der Waals surface area contributed by atoms with Crippen LogP contribution in [0.25, 0.3) is 11.3 Å². The van der Waals surface area contributed by atoms with E-state index >= 15 is 0 Å². The summed E-state index contributed by atoms with van der Waals surface area (Å²) in [5, 5.41) is 14.5. The fourth-order valence-corrected chi connectivity index (χ4v) is 5.06. The van der Waals surface area contributed by atoms with Crippen molar-refractivity contribution in [3.05, 3.63) is 36.0 Å². The van der Waals surface area contributed by atoms with Gasteiger partial charge in [-0.2, -0.15) is 0 Å². The Morgan fingerprint density at radius 1 is 1.12 bits per heavy atom. The molecule has 2 bridgehead atoms. The third-order valence-electron chi connectivity index (χ3n) is 7.00. The highest BCUT2D eigenvalue weighted by molar-refractivity contribution is 5.79. The third-order valence-corrected chi connectivity index (χ3v) is 7.00. The van der Waals surface area contributed by atoms with E-state index in [1.165, 1.54) is 12.5 Å². The number of nitrogens with zero attached hydrogens (tertiary/aromatic N) is 4. The molecule has 0 radical (unpaired) electrons. The van der Waals surface area contributed by atoms with E-state index in [4.69, 9.17) is 0 Å². The number of rotatable bonds is 7. The Labute approximate surface area is 196 Å². The highest BCUT2D eigenvalue weighted by Crippen LogP contribution is 2.37. The van der Waals surface area contributed by atoms with Crippen LogP contribution in [0, 0.1) is 11.8 Å². The molecular formula is C25H36N6O2. The Hall–Kier alpha value is -2.74. The van der Waals surface area contributed by atoms with Crippen LogP contribution in [0.3, 0.4) is 0 Å². The van der Waals surface area contributed by atoms with Gasteiger partial charge >= 0.3 is 0 Å².